The number of benzene rings is 2. The lowest BCUT2D eigenvalue weighted by Gasteiger charge is -2.32. The Morgan fingerprint density at radius 2 is 2.07 bits per heavy atom. The first-order valence-corrected chi connectivity index (χ1v) is 10.3. The van der Waals surface area contributed by atoms with Gasteiger partial charge in [0.05, 0.1) is 29.3 Å². The molecule has 1 aromatic heterocycles. The van der Waals surface area contributed by atoms with Crippen molar-refractivity contribution in [1.29, 1.82) is 0 Å². The first-order valence-electron chi connectivity index (χ1n) is 9.44. The van der Waals surface area contributed by atoms with Crippen LogP contribution in [-0.4, -0.2) is 28.3 Å². The summed E-state index contributed by atoms with van der Waals surface area (Å²) in [6, 6.07) is 13.1. The van der Waals surface area contributed by atoms with Gasteiger partial charge in [0.25, 0.3) is 0 Å². The standard InChI is InChI=1S/C22H21N3O3S/c1-3-28-16-8-9-18-20(12-16)29-22(23-18)24-21(27)13-19-17-7-5-4-6-15(17)10-11-25(19)14(2)26/h4-12,19H,3,13H2,1-2H3,(H,23,24,27)/t19-/m1/s1. The molecule has 4 rings (SSSR count). The number of thiazole rings is 1. The average molecular weight is 407 g/mol. The van der Waals surface area contributed by atoms with E-state index >= 15 is 0 Å². The molecule has 1 aliphatic rings. The molecule has 0 unspecified atom stereocenters. The van der Waals surface area contributed by atoms with E-state index in [1.807, 2.05) is 55.5 Å². The highest BCUT2D eigenvalue weighted by atomic mass is 32.1. The van der Waals surface area contributed by atoms with Crippen molar-refractivity contribution in [3.05, 3.63) is 59.8 Å². The van der Waals surface area contributed by atoms with Gasteiger partial charge in [0.2, 0.25) is 11.8 Å². The molecule has 2 amide bonds. The minimum Gasteiger partial charge on any atom is -0.494 e. The summed E-state index contributed by atoms with van der Waals surface area (Å²) in [7, 11) is 0. The van der Waals surface area contributed by atoms with Gasteiger partial charge in [-0.05, 0) is 42.3 Å². The van der Waals surface area contributed by atoms with E-state index < -0.39 is 0 Å². The van der Waals surface area contributed by atoms with E-state index in [4.69, 9.17) is 4.74 Å². The molecule has 0 aliphatic carbocycles. The van der Waals surface area contributed by atoms with Crippen LogP contribution in [0.25, 0.3) is 16.3 Å². The average Bonchev–Trinajstić information content (AvgIpc) is 3.09. The Kier molecular flexibility index (Phi) is 5.31. The number of anilines is 1. The summed E-state index contributed by atoms with van der Waals surface area (Å²) in [5.74, 6) is 0.497. The van der Waals surface area contributed by atoms with E-state index in [1.165, 1.54) is 18.3 Å². The summed E-state index contributed by atoms with van der Waals surface area (Å²) < 4.78 is 6.47. The van der Waals surface area contributed by atoms with Crippen LogP contribution in [-0.2, 0) is 9.59 Å². The summed E-state index contributed by atoms with van der Waals surface area (Å²) in [4.78, 5) is 30.9. The van der Waals surface area contributed by atoms with Crippen molar-refractivity contribution in [1.82, 2.24) is 9.88 Å². The fourth-order valence-corrected chi connectivity index (χ4v) is 4.38. The van der Waals surface area contributed by atoms with Crippen LogP contribution in [0.3, 0.4) is 0 Å². The summed E-state index contributed by atoms with van der Waals surface area (Å²) in [6.45, 7) is 4.04. The molecule has 2 aromatic carbocycles. The molecule has 3 aromatic rings. The molecule has 148 valence electrons. The van der Waals surface area contributed by atoms with E-state index in [-0.39, 0.29) is 24.3 Å². The number of carbonyl (C=O) groups excluding carboxylic acids is 2. The van der Waals surface area contributed by atoms with Crippen LogP contribution >= 0.6 is 11.3 Å². The number of hydrogen-bond donors (Lipinski definition) is 1. The second-order valence-corrected chi connectivity index (χ2v) is 7.75. The third-order valence-electron chi connectivity index (χ3n) is 4.77. The van der Waals surface area contributed by atoms with Gasteiger partial charge in [-0.25, -0.2) is 4.98 Å². The minimum absolute atomic E-state index is 0.100. The van der Waals surface area contributed by atoms with E-state index in [1.54, 1.807) is 11.1 Å². The number of ether oxygens (including phenoxy) is 1. The Labute approximate surface area is 172 Å². The number of hydrogen-bond acceptors (Lipinski definition) is 5. The summed E-state index contributed by atoms with van der Waals surface area (Å²) in [5, 5.41) is 3.42. The molecular weight excluding hydrogens is 386 g/mol. The topological polar surface area (TPSA) is 71.5 Å². The van der Waals surface area contributed by atoms with Crippen molar-refractivity contribution in [2.75, 3.05) is 11.9 Å². The monoisotopic (exact) mass is 407 g/mol. The van der Waals surface area contributed by atoms with Crippen molar-refractivity contribution in [2.45, 2.75) is 26.3 Å². The van der Waals surface area contributed by atoms with E-state index in [2.05, 4.69) is 10.3 Å². The van der Waals surface area contributed by atoms with Crippen LogP contribution in [0.15, 0.2) is 48.7 Å². The molecule has 2 heterocycles. The number of nitrogens with zero attached hydrogens (tertiary/aromatic N) is 2. The molecule has 7 heteroatoms. The highest BCUT2D eigenvalue weighted by Crippen LogP contribution is 2.34. The number of rotatable bonds is 5. The van der Waals surface area contributed by atoms with Crippen molar-refractivity contribution < 1.29 is 14.3 Å². The molecule has 29 heavy (non-hydrogen) atoms. The van der Waals surface area contributed by atoms with Crippen molar-refractivity contribution >= 4 is 44.6 Å². The third-order valence-corrected chi connectivity index (χ3v) is 5.70. The SMILES string of the molecule is CCOc1ccc2nc(NC(=O)C[C@@H]3c4ccccc4C=CN3C(C)=O)sc2c1. The predicted molar refractivity (Wildman–Crippen MR) is 115 cm³/mol. The molecule has 1 atom stereocenters. The molecule has 0 fully saturated rings. The van der Waals surface area contributed by atoms with Crippen LogP contribution in [0.1, 0.15) is 37.4 Å². The number of carbonyl (C=O) groups is 2. The van der Waals surface area contributed by atoms with E-state index in [0.29, 0.717) is 11.7 Å². The molecular formula is C22H21N3O3S. The molecule has 0 saturated carbocycles. The first kappa shape index (κ1) is 19.1. The zero-order valence-corrected chi connectivity index (χ0v) is 17.0. The van der Waals surface area contributed by atoms with Gasteiger partial charge >= 0.3 is 0 Å². The molecule has 0 saturated heterocycles. The van der Waals surface area contributed by atoms with Gasteiger partial charge < -0.3 is 15.0 Å². The second-order valence-electron chi connectivity index (χ2n) is 6.72. The van der Waals surface area contributed by atoms with Gasteiger partial charge in [-0.1, -0.05) is 35.6 Å². The normalized spacial score (nSPS) is 15.2. The van der Waals surface area contributed by atoms with Crippen LogP contribution in [0.5, 0.6) is 5.75 Å². The molecule has 1 N–H and O–H groups in total. The maximum Gasteiger partial charge on any atom is 0.228 e. The highest BCUT2D eigenvalue weighted by molar-refractivity contribution is 7.22. The Balaban J connectivity index is 1.53. The number of fused-ring (bicyclic) bond motifs is 2. The van der Waals surface area contributed by atoms with Gasteiger partial charge in [-0.15, -0.1) is 0 Å². The van der Waals surface area contributed by atoms with Gasteiger partial charge in [-0.2, -0.15) is 0 Å². The minimum atomic E-state index is -0.340. The molecule has 0 spiro atoms. The Morgan fingerprint density at radius 3 is 2.86 bits per heavy atom. The van der Waals surface area contributed by atoms with Crippen LogP contribution in [0.4, 0.5) is 5.13 Å². The summed E-state index contributed by atoms with van der Waals surface area (Å²) in [6.07, 6.45) is 3.80. The fraction of sp³-hybridized carbons (Fsp3) is 0.227. The lowest BCUT2D eigenvalue weighted by atomic mass is 9.93. The zero-order chi connectivity index (χ0) is 20.4. The van der Waals surface area contributed by atoms with Crippen molar-refractivity contribution in [3.8, 4) is 5.75 Å². The van der Waals surface area contributed by atoms with Crippen LogP contribution in [0, 0.1) is 0 Å². The number of nitrogens with one attached hydrogen (secondary N) is 1. The van der Waals surface area contributed by atoms with Crippen LogP contribution in [0.2, 0.25) is 0 Å². The maximum atomic E-state index is 12.8. The summed E-state index contributed by atoms with van der Waals surface area (Å²) in [5.41, 5.74) is 2.79. The Morgan fingerprint density at radius 1 is 1.24 bits per heavy atom. The van der Waals surface area contributed by atoms with Crippen LogP contribution < -0.4 is 10.1 Å². The fourth-order valence-electron chi connectivity index (χ4n) is 3.47. The lowest BCUT2D eigenvalue weighted by Crippen LogP contribution is -2.33. The lowest BCUT2D eigenvalue weighted by molar-refractivity contribution is -0.129. The van der Waals surface area contributed by atoms with Gasteiger partial charge in [0, 0.05) is 13.1 Å². The van der Waals surface area contributed by atoms with Gasteiger partial charge in [-0.3, -0.25) is 9.59 Å². The molecule has 1 aliphatic heterocycles. The van der Waals surface area contributed by atoms with E-state index in [9.17, 15) is 9.59 Å². The van der Waals surface area contributed by atoms with Crippen molar-refractivity contribution in [3.63, 3.8) is 0 Å². The number of amides is 2. The smallest absolute Gasteiger partial charge is 0.228 e. The van der Waals surface area contributed by atoms with E-state index in [0.717, 1.165) is 27.1 Å². The predicted octanol–water partition coefficient (Wildman–Crippen LogP) is 4.60. The molecule has 0 bridgehead atoms. The Hall–Kier alpha value is -3.19. The highest BCUT2D eigenvalue weighted by Gasteiger charge is 2.28. The molecule has 0 radical (unpaired) electrons. The summed E-state index contributed by atoms with van der Waals surface area (Å²) >= 11 is 1.40. The Bertz CT molecular complexity index is 1110. The quantitative estimate of drug-likeness (QED) is 0.671. The van der Waals surface area contributed by atoms with Gasteiger partial charge in [0.15, 0.2) is 5.13 Å². The largest absolute Gasteiger partial charge is 0.494 e. The maximum absolute atomic E-state index is 12.8. The molecule has 6 nitrogen and oxygen atoms in total. The third kappa shape index (κ3) is 4.00. The van der Waals surface area contributed by atoms with Crippen molar-refractivity contribution in [2.24, 2.45) is 0 Å². The zero-order valence-electron chi connectivity index (χ0n) is 16.2. The van der Waals surface area contributed by atoms with Gasteiger partial charge in [0.1, 0.15) is 5.75 Å². The number of aromatic nitrogens is 1. The second kappa shape index (κ2) is 8.05. The first-order chi connectivity index (χ1) is 14.0.